The minimum absolute atomic E-state index is 0.476. The summed E-state index contributed by atoms with van der Waals surface area (Å²) in [5, 5.41) is 1.09. The Labute approximate surface area is 119 Å². The summed E-state index contributed by atoms with van der Waals surface area (Å²) in [5.41, 5.74) is 9.78. The number of nitrogens with two attached hydrogens (primary N) is 1. The summed E-state index contributed by atoms with van der Waals surface area (Å²) in [7, 11) is 0. The predicted octanol–water partition coefficient (Wildman–Crippen LogP) is 3.64. The van der Waals surface area contributed by atoms with Crippen LogP contribution >= 0.6 is 0 Å². The number of aryl methyl sites for hydroxylation is 1. The first-order valence-corrected chi connectivity index (χ1v) is 6.96. The number of pyridine rings is 1. The molecule has 2 N–H and O–H groups in total. The van der Waals surface area contributed by atoms with Crippen molar-refractivity contribution in [2.24, 2.45) is 4.99 Å². The molecule has 2 rings (SSSR count). The van der Waals surface area contributed by atoms with Crippen LogP contribution in [0.1, 0.15) is 25.8 Å². The van der Waals surface area contributed by atoms with Crippen molar-refractivity contribution in [2.75, 3.05) is 18.9 Å². The molecule has 1 heterocycles. The first-order chi connectivity index (χ1) is 9.67. The van der Waals surface area contributed by atoms with Crippen LogP contribution in [0.5, 0.6) is 0 Å². The third kappa shape index (κ3) is 2.96. The van der Waals surface area contributed by atoms with E-state index in [0.717, 1.165) is 34.3 Å². The van der Waals surface area contributed by atoms with Gasteiger partial charge in [0, 0.05) is 17.7 Å². The number of fused-ring (bicyclic) bond motifs is 1. The Morgan fingerprint density at radius 3 is 2.75 bits per heavy atom. The minimum Gasteiger partial charge on any atom is -0.382 e. The number of benzene rings is 1. The van der Waals surface area contributed by atoms with E-state index in [2.05, 4.69) is 16.9 Å². The van der Waals surface area contributed by atoms with Crippen molar-refractivity contribution in [1.82, 2.24) is 4.98 Å². The number of rotatable bonds is 5. The van der Waals surface area contributed by atoms with E-state index in [1.54, 1.807) is 0 Å². The number of hydrogen-bond acceptors (Lipinski definition) is 4. The average molecular weight is 271 g/mol. The molecule has 0 aliphatic carbocycles. The van der Waals surface area contributed by atoms with Gasteiger partial charge in [0.05, 0.1) is 12.1 Å². The van der Waals surface area contributed by atoms with Gasteiger partial charge in [-0.3, -0.25) is 4.99 Å². The molecule has 0 radical (unpaired) electrons. The summed E-state index contributed by atoms with van der Waals surface area (Å²) in [5.74, 6) is 0.476. The Balaban J connectivity index is 2.50. The Morgan fingerprint density at radius 1 is 1.30 bits per heavy atom. The molecule has 0 unspecified atom stereocenters. The van der Waals surface area contributed by atoms with Gasteiger partial charge in [0.1, 0.15) is 11.5 Å². The van der Waals surface area contributed by atoms with Crippen molar-refractivity contribution >= 4 is 28.1 Å². The standard InChI is InChI=1S/C16H21N3O/c1-4-12(10-20-5-2)18-15-11(3)13-8-6-7-9-14(13)19-16(15)17/h6-9H,4-5,10H2,1-3H3,(H2,17,19). The molecule has 2 aromatic rings. The van der Waals surface area contributed by atoms with Crippen LogP contribution in [-0.2, 0) is 4.74 Å². The molecule has 1 aromatic carbocycles. The normalized spacial score (nSPS) is 12.1. The van der Waals surface area contributed by atoms with E-state index < -0.39 is 0 Å². The maximum absolute atomic E-state index is 6.06. The summed E-state index contributed by atoms with van der Waals surface area (Å²) >= 11 is 0. The summed E-state index contributed by atoms with van der Waals surface area (Å²) in [6, 6.07) is 7.97. The van der Waals surface area contributed by atoms with Gasteiger partial charge in [-0.15, -0.1) is 0 Å². The van der Waals surface area contributed by atoms with Gasteiger partial charge < -0.3 is 10.5 Å². The highest BCUT2D eigenvalue weighted by Crippen LogP contribution is 2.31. The molecule has 0 aliphatic rings. The van der Waals surface area contributed by atoms with Gasteiger partial charge in [0.15, 0.2) is 0 Å². The first kappa shape index (κ1) is 14.5. The van der Waals surface area contributed by atoms with E-state index in [4.69, 9.17) is 10.5 Å². The Bertz CT molecular complexity index is 635. The molecule has 20 heavy (non-hydrogen) atoms. The number of nitrogen functional groups attached to an aromatic ring is 1. The predicted molar refractivity (Wildman–Crippen MR) is 84.8 cm³/mol. The lowest BCUT2D eigenvalue weighted by atomic mass is 10.1. The number of nitrogens with zero attached hydrogens (tertiary/aromatic N) is 2. The van der Waals surface area contributed by atoms with E-state index in [-0.39, 0.29) is 0 Å². The molecule has 0 bridgehead atoms. The quantitative estimate of drug-likeness (QED) is 0.844. The second-order valence-corrected chi connectivity index (χ2v) is 4.66. The van der Waals surface area contributed by atoms with Crippen LogP contribution in [0.25, 0.3) is 10.9 Å². The highest BCUT2D eigenvalue weighted by molar-refractivity contribution is 5.94. The fourth-order valence-corrected chi connectivity index (χ4v) is 2.12. The summed E-state index contributed by atoms with van der Waals surface area (Å²) in [4.78, 5) is 9.10. The number of ether oxygens (including phenoxy) is 1. The van der Waals surface area contributed by atoms with E-state index in [0.29, 0.717) is 19.0 Å². The maximum atomic E-state index is 6.06. The fraction of sp³-hybridized carbons (Fsp3) is 0.375. The Hall–Kier alpha value is -1.94. The number of anilines is 1. The van der Waals surface area contributed by atoms with Gasteiger partial charge in [-0.2, -0.15) is 0 Å². The third-order valence-corrected chi connectivity index (χ3v) is 3.30. The van der Waals surface area contributed by atoms with Crippen LogP contribution in [0.15, 0.2) is 29.3 Å². The van der Waals surface area contributed by atoms with Crippen molar-refractivity contribution in [3.8, 4) is 0 Å². The second kappa shape index (κ2) is 6.48. The van der Waals surface area contributed by atoms with Crippen molar-refractivity contribution in [1.29, 1.82) is 0 Å². The lowest BCUT2D eigenvalue weighted by molar-refractivity contribution is 0.186. The molecule has 0 fully saturated rings. The molecule has 1 aromatic heterocycles. The fourth-order valence-electron chi connectivity index (χ4n) is 2.12. The van der Waals surface area contributed by atoms with E-state index in [9.17, 15) is 0 Å². The molecule has 4 nitrogen and oxygen atoms in total. The van der Waals surface area contributed by atoms with E-state index >= 15 is 0 Å². The number of para-hydroxylation sites is 1. The highest BCUT2D eigenvalue weighted by Gasteiger charge is 2.10. The average Bonchev–Trinajstić information content (AvgIpc) is 2.46. The van der Waals surface area contributed by atoms with Gasteiger partial charge in [-0.1, -0.05) is 25.1 Å². The van der Waals surface area contributed by atoms with Gasteiger partial charge in [0.2, 0.25) is 0 Å². The van der Waals surface area contributed by atoms with Crippen LogP contribution in [0, 0.1) is 6.92 Å². The van der Waals surface area contributed by atoms with Crippen molar-refractivity contribution < 1.29 is 4.74 Å². The Morgan fingerprint density at radius 2 is 2.05 bits per heavy atom. The molecular formula is C16H21N3O. The zero-order valence-electron chi connectivity index (χ0n) is 12.3. The Kier molecular flexibility index (Phi) is 4.69. The maximum Gasteiger partial charge on any atom is 0.150 e. The molecule has 0 saturated carbocycles. The van der Waals surface area contributed by atoms with Gasteiger partial charge in [-0.05, 0) is 31.9 Å². The molecule has 0 saturated heterocycles. The molecule has 0 aliphatic heterocycles. The second-order valence-electron chi connectivity index (χ2n) is 4.66. The lowest BCUT2D eigenvalue weighted by Crippen LogP contribution is -2.08. The smallest absolute Gasteiger partial charge is 0.150 e. The zero-order chi connectivity index (χ0) is 14.5. The zero-order valence-corrected chi connectivity index (χ0v) is 12.3. The van der Waals surface area contributed by atoms with Crippen LogP contribution < -0.4 is 5.73 Å². The highest BCUT2D eigenvalue weighted by atomic mass is 16.5. The SMILES string of the molecule is CCOCC(CC)=Nc1c(N)nc2ccccc2c1C. The largest absolute Gasteiger partial charge is 0.382 e. The number of hydrogen-bond donors (Lipinski definition) is 1. The monoisotopic (exact) mass is 271 g/mol. The summed E-state index contributed by atoms with van der Waals surface area (Å²) in [6.07, 6.45) is 0.839. The molecule has 4 heteroatoms. The van der Waals surface area contributed by atoms with Gasteiger partial charge in [0.25, 0.3) is 0 Å². The molecule has 106 valence electrons. The van der Waals surface area contributed by atoms with Crippen molar-refractivity contribution in [2.45, 2.75) is 27.2 Å². The molecule has 0 amide bonds. The molecular weight excluding hydrogens is 250 g/mol. The number of aromatic nitrogens is 1. The summed E-state index contributed by atoms with van der Waals surface area (Å²) < 4.78 is 5.43. The number of aliphatic imine (C=N–C) groups is 1. The van der Waals surface area contributed by atoms with Gasteiger partial charge >= 0.3 is 0 Å². The molecule has 0 atom stereocenters. The van der Waals surface area contributed by atoms with Gasteiger partial charge in [-0.25, -0.2) is 4.98 Å². The van der Waals surface area contributed by atoms with Crippen LogP contribution in [0.3, 0.4) is 0 Å². The lowest BCUT2D eigenvalue weighted by Gasteiger charge is -2.10. The molecule has 0 spiro atoms. The van der Waals surface area contributed by atoms with Crippen molar-refractivity contribution in [3.63, 3.8) is 0 Å². The first-order valence-electron chi connectivity index (χ1n) is 6.96. The summed E-state index contributed by atoms with van der Waals surface area (Å²) in [6.45, 7) is 7.30. The van der Waals surface area contributed by atoms with Crippen LogP contribution in [-0.4, -0.2) is 23.9 Å². The van der Waals surface area contributed by atoms with E-state index in [1.165, 1.54) is 0 Å². The van der Waals surface area contributed by atoms with E-state index in [1.807, 2.05) is 38.1 Å². The minimum atomic E-state index is 0.476. The van der Waals surface area contributed by atoms with Crippen LogP contribution in [0.2, 0.25) is 0 Å². The van der Waals surface area contributed by atoms with Crippen LogP contribution in [0.4, 0.5) is 11.5 Å². The van der Waals surface area contributed by atoms with Crippen molar-refractivity contribution in [3.05, 3.63) is 29.8 Å². The topological polar surface area (TPSA) is 60.5 Å². The third-order valence-electron chi connectivity index (χ3n) is 3.30.